The zero-order chi connectivity index (χ0) is 19.7. The molecular formula is C22H30N4O2. The SMILES string of the molecule is CC(C)Cn1c(CNC(=O)C2CC(=O)NC3CCCCC32)nc2ccccc21. The van der Waals surface area contributed by atoms with Gasteiger partial charge in [-0.2, -0.15) is 0 Å². The summed E-state index contributed by atoms with van der Waals surface area (Å²) in [5.41, 5.74) is 2.06. The number of hydrogen-bond donors (Lipinski definition) is 2. The summed E-state index contributed by atoms with van der Waals surface area (Å²) >= 11 is 0. The number of imidazole rings is 1. The van der Waals surface area contributed by atoms with E-state index in [1.807, 2.05) is 18.2 Å². The van der Waals surface area contributed by atoms with Crippen LogP contribution >= 0.6 is 0 Å². The predicted octanol–water partition coefficient (Wildman–Crippen LogP) is 3.00. The van der Waals surface area contributed by atoms with Crippen molar-refractivity contribution in [2.45, 2.75) is 65.1 Å². The Morgan fingerprint density at radius 1 is 1.29 bits per heavy atom. The number of rotatable bonds is 5. The third-order valence-corrected chi connectivity index (χ3v) is 6.13. The molecule has 1 aliphatic carbocycles. The highest BCUT2D eigenvalue weighted by molar-refractivity contribution is 5.87. The van der Waals surface area contributed by atoms with Gasteiger partial charge in [0, 0.05) is 19.0 Å². The number of benzene rings is 1. The lowest BCUT2D eigenvalue weighted by atomic mass is 9.72. The minimum Gasteiger partial charge on any atom is -0.353 e. The molecule has 2 aliphatic rings. The second-order valence-electron chi connectivity index (χ2n) is 8.67. The fourth-order valence-corrected chi connectivity index (χ4v) is 4.85. The van der Waals surface area contributed by atoms with Crippen LogP contribution in [0, 0.1) is 17.8 Å². The van der Waals surface area contributed by atoms with Crippen LogP contribution in [0.2, 0.25) is 0 Å². The van der Waals surface area contributed by atoms with Crippen LogP contribution in [0.25, 0.3) is 11.0 Å². The van der Waals surface area contributed by atoms with E-state index >= 15 is 0 Å². The highest BCUT2D eigenvalue weighted by Crippen LogP contribution is 2.35. The second-order valence-corrected chi connectivity index (χ2v) is 8.67. The number of aromatic nitrogens is 2. The molecule has 0 bridgehead atoms. The number of hydrogen-bond acceptors (Lipinski definition) is 3. The summed E-state index contributed by atoms with van der Waals surface area (Å²) in [7, 11) is 0. The van der Waals surface area contributed by atoms with Crippen LogP contribution < -0.4 is 10.6 Å². The Bertz CT molecular complexity index is 873. The summed E-state index contributed by atoms with van der Waals surface area (Å²) in [6.45, 7) is 5.62. The summed E-state index contributed by atoms with van der Waals surface area (Å²) in [5.74, 6) is 1.41. The summed E-state index contributed by atoms with van der Waals surface area (Å²) in [6, 6.07) is 8.26. The van der Waals surface area contributed by atoms with Crippen LogP contribution in [0.1, 0.15) is 51.8 Å². The van der Waals surface area contributed by atoms with E-state index in [0.717, 1.165) is 49.1 Å². The smallest absolute Gasteiger partial charge is 0.224 e. The van der Waals surface area contributed by atoms with Crippen LogP contribution in [0.5, 0.6) is 0 Å². The van der Waals surface area contributed by atoms with Gasteiger partial charge in [0.05, 0.1) is 23.5 Å². The highest BCUT2D eigenvalue weighted by Gasteiger charge is 2.41. The minimum absolute atomic E-state index is 0.00472. The molecular weight excluding hydrogens is 352 g/mol. The normalized spacial score (nSPS) is 24.8. The molecule has 3 unspecified atom stereocenters. The predicted molar refractivity (Wildman–Crippen MR) is 108 cm³/mol. The summed E-state index contributed by atoms with van der Waals surface area (Å²) in [4.78, 5) is 29.8. The number of para-hydroxylation sites is 2. The highest BCUT2D eigenvalue weighted by atomic mass is 16.2. The van der Waals surface area contributed by atoms with Crippen molar-refractivity contribution in [3.8, 4) is 0 Å². The summed E-state index contributed by atoms with van der Waals surface area (Å²) in [6.07, 6.45) is 4.59. The van der Waals surface area contributed by atoms with Gasteiger partial charge in [-0.15, -0.1) is 0 Å². The average molecular weight is 383 g/mol. The standard InChI is InChI=1S/C22H30N4O2/c1-14(2)13-26-19-10-6-5-9-18(19)24-20(26)12-23-22(28)16-11-21(27)25-17-8-4-3-7-15(16)17/h5-6,9-10,14-17H,3-4,7-8,11-13H2,1-2H3,(H,23,28)(H,25,27). The number of amides is 2. The third kappa shape index (κ3) is 3.77. The quantitative estimate of drug-likeness (QED) is 0.835. The molecule has 0 spiro atoms. The molecule has 0 radical (unpaired) electrons. The molecule has 1 saturated heterocycles. The van der Waals surface area contributed by atoms with Gasteiger partial charge in [0.15, 0.2) is 0 Å². The maximum atomic E-state index is 13.0. The fraction of sp³-hybridized carbons (Fsp3) is 0.591. The first kappa shape index (κ1) is 19.0. The lowest BCUT2D eigenvalue weighted by molar-refractivity contribution is -0.137. The van der Waals surface area contributed by atoms with E-state index in [2.05, 4.69) is 35.1 Å². The molecule has 1 aliphatic heterocycles. The van der Waals surface area contributed by atoms with Crippen molar-refractivity contribution in [2.24, 2.45) is 17.8 Å². The van der Waals surface area contributed by atoms with Crippen molar-refractivity contribution < 1.29 is 9.59 Å². The molecule has 2 amide bonds. The first-order chi connectivity index (χ1) is 13.5. The van der Waals surface area contributed by atoms with Crippen molar-refractivity contribution in [2.75, 3.05) is 0 Å². The summed E-state index contributed by atoms with van der Waals surface area (Å²) in [5, 5.41) is 6.18. The van der Waals surface area contributed by atoms with Crippen LogP contribution in [0.4, 0.5) is 0 Å². The molecule has 28 heavy (non-hydrogen) atoms. The molecule has 2 heterocycles. The molecule has 6 heteroatoms. The Kier molecular flexibility index (Phi) is 5.38. The molecule has 1 aromatic heterocycles. The summed E-state index contributed by atoms with van der Waals surface area (Å²) < 4.78 is 2.21. The number of fused-ring (bicyclic) bond motifs is 2. The van der Waals surface area contributed by atoms with Gasteiger partial charge < -0.3 is 15.2 Å². The van der Waals surface area contributed by atoms with Gasteiger partial charge in [0.1, 0.15) is 5.82 Å². The van der Waals surface area contributed by atoms with Gasteiger partial charge in [-0.05, 0) is 36.8 Å². The maximum Gasteiger partial charge on any atom is 0.224 e. The molecule has 150 valence electrons. The van der Waals surface area contributed by atoms with E-state index in [1.54, 1.807) is 0 Å². The molecule has 2 aromatic rings. The van der Waals surface area contributed by atoms with Crippen LogP contribution in [-0.2, 0) is 22.7 Å². The molecule has 6 nitrogen and oxygen atoms in total. The fourth-order valence-electron chi connectivity index (χ4n) is 4.85. The van der Waals surface area contributed by atoms with E-state index < -0.39 is 0 Å². The first-order valence-electron chi connectivity index (χ1n) is 10.5. The third-order valence-electron chi connectivity index (χ3n) is 6.13. The number of carbonyl (C=O) groups is 2. The lowest BCUT2D eigenvalue weighted by Gasteiger charge is -2.40. The number of piperidine rings is 1. The first-order valence-corrected chi connectivity index (χ1v) is 10.5. The molecule has 3 atom stereocenters. The van der Waals surface area contributed by atoms with Gasteiger partial charge in [-0.25, -0.2) is 4.98 Å². The zero-order valence-electron chi connectivity index (χ0n) is 16.8. The number of nitrogens with one attached hydrogen (secondary N) is 2. The van der Waals surface area contributed by atoms with Gasteiger partial charge in [0.2, 0.25) is 11.8 Å². The van der Waals surface area contributed by atoms with E-state index in [4.69, 9.17) is 4.98 Å². The van der Waals surface area contributed by atoms with Crippen LogP contribution in [0.15, 0.2) is 24.3 Å². The Morgan fingerprint density at radius 3 is 2.89 bits per heavy atom. The molecule has 2 N–H and O–H groups in total. The topological polar surface area (TPSA) is 76.0 Å². The van der Waals surface area contributed by atoms with E-state index in [1.165, 1.54) is 0 Å². The molecule has 1 aromatic carbocycles. The van der Waals surface area contributed by atoms with Gasteiger partial charge in [-0.1, -0.05) is 38.8 Å². The van der Waals surface area contributed by atoms with Crippen molar-refractivity contribution in [3.63, 3.8) is 0 Å². The zero-order valence-corrected chi connectivity index (χ0v) is 16.8. The van der Waals surface area contributed by atoms with Crippen molar-refractivity contribution in [1.82, 2.24) is 20.2 Å². The monoisotopic (exact) mass is 382 g/mol. The molecule has 2 fully saturated rings. The Hall–Kier alpha value is -2.37. The lowest BCUT2D eigenvalue weighted by Crippen LogP contribution is -2.54. The Labute approximate surface area is 166 Å². The van der Waals surface area contributed by atoms with E-state index in [-0.39, 0.29) is 29.7 Å². The largest absolute Gasteiger partial charge is 0.353 e. The van der Waals surface area contributed by atoms with E-state index in [9.17, 15) is 9.59 Å². The Morgan fingerprint density at radius 2 is 2.07 bits per heavy atom. The second kappa shape index (κ2) is 7.94. The number of nitrogens with zero attached hydrogens (tertiary/aromatic N) is 2. The van der Waals surface area contributed by atoms with Gasteiger partial charge in [0.25, 0.3) is 0 Å². The van der Waals surface area contributed by atoms with Crippen molar-refractivity contribution in [1.29, 1.82) is 0 Å². The number of carbonyl (C=O) groups excluding carboxylic acids is 2. The van der Waals surface area contributed by atoms with Crippen LogP contribution in [-0.4, -0.2) is 27.4 Å². The van der Waals surface area contributed by atoms with Crippen molar-refractivity contribution >= 4 is 22.8 Å². The van der Waals surface area contributed by atoms with Crippen molar-refractivity contribution in [3.05, 3.63) is 30.1 Å². The maximum absolute atomic E-state index is 13.0. The average Bonchev–Trinajstić information content (AvgIpc) is 3.02. The molecule has 4 rings (SSSR count). The Balaban J connectivity index is 1.50. The van der Waals surface area contributed by atoms with E-state index in [0.29, 0.717) is 18.9 Å². The minimum atomic E-state index is -0.220. The van der Waals surface area contributed by atoms with Crippen LogP contribution in [0.3, 0.4) is 0 Å². The van der Waals surface area contributed by atoms with Gasteiger partial charge >= 0.3 is 0 Å². The molecule has 1 saturated carbocycles. The van der Waals surface area contributed by atoms with Gasteiger partial charge in [-0.3, -0.25) is 9.59 Å².